The number of benzene rings is 10. The first-order chi connectivity index (χ1) is 26.6. The third kappa shape index (κ3) is 5.30. The molecule has 0 N–H and O–H groups in total. The van der Waals surface area contributed by atoms with Gasteiger partial charge in [-0.3, -0.25) is 0 Å². The zero-order valence-electron chi connectivity index (χ0n) is 30.5. The largest absolute Gasteiger partial charge is 0.0616 e. The van der Waals surface area contributed by atoms with Crippen LogP contribution >= 0.6 is 0 Å². The van der Waals surface area contributed by atoms with E-state index in [1.165, 1.54) is 110 Å². The van der Waals surface area contributed by atoms with Crippen molar-refractivity contribution in [1.82, 2.24) is 0 Å². The lowest BCUT2D eigenvalue weighted by Crippen LogP contribution is -1.91. The Morgan fingerprint density at radius 2 is 0.370 bits per heavy atom. The average molecular weight is 687 g/mol. The van der Waals surface area contributed by atoms with E-state index in [4.69, 9.17) is 0 Å². The summed E-state index contributed by atoms with van der Waals surface area (Å²) in [5.41, 5.74) is 15.1. The monoisotopic (exact) mass is 686 g/mol. The molecule has 0 aliphatic rings. The third-order valence-corrected chi connectivity index (χ3v) is 11.3. The van der Waals surface area contributed by atoms with Crippen LogP contribution in [-0.2, 0) is 0 Å². The number of rotatable bonds is 5. The highest BCUT2D eigenvalue weighted by molar-refractivity contribution is 6.16. The van der Waals surface area contributed by atoms with Gasteiger partial charge < -0.3 is 0 Å². The molecule has 0 heteroatoms. The normalized spacial score (nSPS) is 11.5. The SMILES string of the molecule is Cc1ccc(-c2ccc(-c3ccc(-c4ccc(-c5ccc(-c6ccc(C)cc6)c6ccccc56)c5ccccc45)c4ccccc34)c3ccccc23)cc1. The molecule has 0 aromatic heterocycles. The lowest BCUT2D eigenvalue weighted by molar-refractivity contribution is 1.47. The van der Waals surface area contributed by atoms with E-state index < -0.39 is 0 Å². The van der Waals surface area contributed by atoms with Crippen molar-refractivity contribution >= 4 is 43.1 Å². The van der Waals surface area contributed by atoms with E-state index in [9.17, 15) is 0 Å². The maximum absolute atomic E-state index is 2.34. The molecule has 0 saturated carbocycles. The molecule has 0 nitrogen and oxygen atoms in total. The zero-order valence-corrected chi connectivity index (χ0v) is 30.5. The molecular formula is C54H38. The van der Waals surface area contributed by atoms with E-state index in [2.05, 4.69) is 208 Å². The minimum atomic E-state index is 1.24. The molecule has 0 heterocycles. The van der Waals surface area contributed by atoms with Gasteiger partial charge in [-0.25, -0.2) is 0 Å². The smallest absolute Gasteiger partial charge is 0.00987 e. The van der Waals surface area contributed by atoms with Crippen molar-refractivity contribution in [2.75, 3.05) is 0 Å². The Kier molecular flexibility index (Phi) is 7.70. The van der Waals surface area contributed by atoms with Crippen molar-refractivity contribution in [3.8, 4) is 55.6 Å². The summed E-state index contributed by atoms with van der Waals surface area (Å²) in [7, 11) is 0. The third-order valence-electron chi connectivity index (χ3n) is 11.3. The summed E-state index contributed by atoms with van der Waals surface area (Å²) < 4.78 is 0. The van der Waals surface area contributed by atoms with Gasteiger partial charge >= 0.3 is 0 Å². The predicted octanol–water partition coefficient (Wildman–Crippen LogP) is 15.3. The quantitative estimate of drug-likeness (QED) is 0.169. The summed E-state index contributed by atoms with van der Waals surface area (Å²) in [4.78, 5) is 0. The van der Waals surface area contributed by atoms with Crippen molar-refractivity contribution in [3.05, 3.63) is 205 Å². The van der Waals surface area contributed by atoms with Gasteiger partial charge in [0.05, 0.1) is 0 Å². The predicted molar refractivity (Wildman–Crippen MR) is 233 cm³/mol. The van der Waals surface area contributed by atoms with E-state index >= 15 is 0 Å². The van der Waals surface area contributed by atoms with Gasteiger partial charge in [0.1, 0.15) is 0 Å². The molecule has 254 valence electrons. The molecule has 0 unspecified atom stereocenters. The molecule has 0 saturated heterocycles. The van der Waals surface area contributed by atoms with E-state index in [-0.39, 0.29) is 0 Å². The fourth-order valence-electron chi connectivity index (χ4n) is 8.58. The summed E-state index contributed by atoms with van der Waals surface area (Å²) in [6, 6.07) is 71.9. The Hall–Kier alpha value is -6.76. The first-order valence-corrected chi connectivity index (χ1v) is 18.8. The van der Waals surface area contributed by atoms with Crippen LogP contribution in [0.4, 0.5) is 0 Å². The highest BCUT2D eigenvalue weighted by Gasteiger charge is 2.17. The van der Waals surface area contributed by atoms with Crippen molar-refractivity contribution in [2.24, 2.45) is 0 Å². The van der Waals surface area contributed by atoms with E-state index in [1.807, 2.05) is 0 Å². The highest BCUT2D eigenvalue weighted by atomic mass is 14.2. The molecule has 10 aromatic carbocycles. The molecule has 0 aliphatic carbocycles. The summed E-state index contributed by atoms with van der Waals surface area (Å²) in [5.74, 6) is 0. The van der Waals surface area contributed by atoms with Crippen LogP contribution in [-0.4, -0.2) is 0 Å². The molecule has 0 spiro atoms. The van der Waals surface area contributed by atoms with E-state index in [0.29, 0.717) is 0 Å². The first-order valence-electron chi connectivity index (χ1n) is 18.8. The molecular weight excluding hydrogens is 649 g/mol. The lowest BCUT2D eigenvalue weighted by Gasteiger charge is -2.18. The molecule has 0 radical (unpaired) electrons. The van der Waals surface area contributed by atoms with Gasteiger partial charge in [-0.1, -0.05) is 205 Å². The van der Waals surface area contributed by atoms with Crippen molar-refractivity contribution in [2.45, 2.75) is 13.8 Å². The Labute approximate surface area is 316 Å². The van der Waals surface area contributed by atoms with Crippen LogP contribution in [0.15, 0.2) is 194 Å². The van der Waals surface area contributed by atoms with Gasteiger partial charge in [0.15, 0.2) is 0 Å². The topological polar surface area (TPSA) is 0 Å². The highest BCUT2D eigenvalue weighted by Crippen LogP contribution is 2.45. The average Bonchev–Trinajstić information content (AvgIpc) is 3.23. The second kappa shape index (κ2) is 13.0. The molecule has 0 aliphatic heterocycles. The van der Waals surface area contributed by atoms with E-state index in [0.717, 1.165) is 0 Å². The van der Waals surface area contributed by atoms with Crippen LogP contribution in [0.5, 0.6) is 0 Å². The summed E-state index contributed by atoms with van der Waals surface area (Å²) in [6.07, 6.45) is 0. The molecule has 54 heavy (non-hydrogen) atoms. The Morgan fingerprint density at radius 3 is 0.593 bits per heavy atom. The van der Waals surface area contributed by atoms with Crippen LogP contribution in [0, 0.1) is 13.8 Å². The number of fused-ring (bicyclic) bond motifs is 4. The minimum Gasteiger partial charge on any atom is -0.0616 e. The zero-order chi connectivity index (χ0) is 36.2. The van der Waals surface area contributed by atoms with Gasteiger partial charge in [0, 0.05) is 0 Å². The van der Waals surface area contributed by atoms with Crippen LogP contribution < -0.4 is 0 Å². The fraction of sp³-hybridized carbons (Fsp3) is 0.0370. The summed E-state index contributed by atoms with van der Waals surface area (Å²) in [6.45, 7) is 4.29. The number of hydrogen-bond acceptors (Lipinski definition) is 0. The van der Waals surface area contributed by atoms with Gasteiger partial charge in [-0.2, -0.15) is 0 Å². The summed E-state index contributed by atoms with van der Waals surface area (Å²) in [5, 5.41) is 10.1. The molecule has 0 fully saturated rings. The molecule has 0 bridgehead atoms. The van der Waals surface area contributed by atoms with Gasteiger partial charge in [-0.15, -0.1) is 0 Å². The molecule has 10 aromatic rings. The molecule has 0 amide bonds. The van der Waals surface area contributed by atoms with Crippen LogP contribution in [0.1, 0.15) is 11.1 Å². The Bertz CT molecular complexity index is 2830. The Morgan fingerprint density at radius 1 is 0.185 bits per heavy atom. The van der Waals surface area contributed by atoms with Gasteiger partial charge in [0.25, 0.3) is 0 Å². The maximum Gasteiger partial charge on any atom is -0.00987 e. The van der Waals surface area contributed by atoms with Crippen LogP contribution in [0.2, 0.25) is 0 Å². The summed E-state index contributed by atoms with van der Waals surface area (Å²) >= 11 is 0. The molecule has 10 rings (SSSR count). The second-order valence-corrected chi connectivity index (χ2v) is 14.6. The first kappa shape index (κ1) is 31.9. The Balaban J connectivity index is 1.13. The fourth-order valence-corrected chi connectivity index (χ4v) is 8.58. The number of aryl methyl sites for hydroxylation is 2. The molecule has 0 atom stereocenters. The van der Waals surface area contributed by atoms with E-state index in [1.54, 1.807) is 0 Å². The van der Waals surface area contributed by atoms with Crippen molar-refractivity contribution < 1.29 is 0 Å². The van der Waals surface area contributed by atoms with Crippen LogP contribution in [0.3, 0.4) is 0 Å². The maximum atomic E-state index is 2.34. The van der Waals surface area contributed by atoms with Gasteiger partial charge in [-0.05, 0) is 113 Å². The van der Waals surface area contributed by atoms with Crippen LogP contribution in [0.25, 0.3) is 98.7 Å². The number of hydrogen-bond donors (Lipinski definition) is 0. The van der Waals surface area contributed by atoms with Gasteiger partial charge in [0.2, 0.25) is 0 Å². The van der Waals surface area contributed by atoms with Crippen molar-refractivity contribution in [3.63, 3.8) is 0 Å². The minimum absolute atomic E-state index is 1.24. The van der Waals surface area contributed by atoms with Crippen molar-refractivity contribution in [1.29, 1.82) is 0 Å². The lowest BCUT2D eigenvalue weighted by atomic mass is 9.85. The standard InChI is InChI=1S/C54H38/c1-35-19-23-37(24-20-35)39-27-29-49(43-13-5-3-11-41(39)43)51-31-33-53(47-17-9-7-15-45(47)51)54-34-32-52(46-16-8-10-18-48(46)54)50-30-28-40(38-25-21-36(2)22-26-38)42-12-4-6-14-44(42)50/h3-34H,1-2H3. The second-order valence-electron chi connectivity index (χ2n) is 14.6.